The molecule has 4 heteroatoms. The Morgan fingerprint density at radius 1 is 1.20 bits per heavy atom. The number of benzene rings is 2. The first kappa shape index (κ1) is 14.3. The number of halogens is 1. The molecule has 2 rings (SSSR count). The van der Waals surface area contributed by atoms with Crippen LogP contribution >= 0.6 is 0 Å². The normalized spacial score (nSPS) is 12.0. The molecule has 0 aliphatic heterocycles. The van der Waals surface area contributed by atoms with Gasteiger partial charge in [0.15, 0.2) is 0 Å². The minimum atomic E-state index is -0.837. The van der Waals surface area contributed by atoms with E-state index in [-0.39, 0.29) is 12.4 Å². The van der Waals surface area contributed by atoms with E-state index < -0.39 is 6.10 Å². The zero-order valence-electron chi connectivity index (χ0n) is 11.5. The van der Waals surface area contributed by atoms with Gasteiger partial charge < -0.3 is 14.6 Å². The average Bonchev–Trinajstić information content (AvgIpc) is 2.48. The monoisotopic (exact) mass is 276 g/mol. The summed E-state index contributed by atoms with van der Waals surface area (Å²) in [6.45, 7) is 1.71. The van der Waals surface area contributed by atoms with Crippen LogP contribution in [0.15, 0.2) is 42.5 Å². The molecule has 0 saturated carbocycles. The van der Waals surface area contributed by atoms with Gasteiger partial charge in [-0.15, -0.1) is 0 Å². The fourth-order valence-corrected chi connectivity index (χ4v) is 1.87. The minimum Gasteiger partial charge on any atom is -0.496 e. The molecule has 3 nitrogen and oxygen atoms in total. The first-order chi connectivity index (χ1) is 9.61. The van der Waals surface area contributed by atoms with Gasteiger partial charge in [-0.1, -0.05) is 24.3 Å². The van der Waals surface area contributed by atoms with Crippen LogP contribution in [0, 0.1) is 12.7 Å². The summed E-state index contributed by atoms with van der Waals surface area (Å²) in [5, 5.41) is 10.1. The summed E-state index contributed by atoms with van der Waals surface area (Å²) in [5.74, 6) is 0.662. The fourth-order valence-electron chi connectivity index (χ4n) is 1.87. The van der Waals surface area contributed by atoms with Crippen molar-refractivity contribution in [3.05, 3.63) is 59.4 Å². The van der Waals surface area contributed by atoms with Crippen molar-refractivity contribution in [3.8, 4) is 11.5 Å². The number of methoxy groups -OCH3 is 1. The van der Waals surface area contributed by atoms with Crippen LogP contribution in [0.1, 0.15) is 17.2 Å². The first-order valence-electron chi connectivity index (χ1n) is 6.31. The van der Waals surface area contributed by atoms with Crippen LogP contribution in [0.3, 0.4) is 0 Å². The van der Waals surface area contributed by atoms with Crippen LogP contribution < -0.4 is 9.47 Å². The van der Waals surface area contributed by atoms with E-state index in [4.69, 9.17) is 9.47 Å². The summed E-state index contributed by atoms with van der Waals surface area (Å²) >= 11 is 0. The second-order valence-corrected chi connectivity index (χ2v) is 4.48. The number of aliphatic hydroxyl groups is 1. The van der Waals surface area contributed by atoms with Crippen LogP contribution in [-0.2, 0) is 0 Å². The molecule has 1 unspecified atom stereocenters. The highest BCUT2D eigenvalue weighted by atomic mass is 19.1. The number of hydrogen-bond acceptors (Lipinski definition) is 3. The second-order valence-electron chi connectivity index (χ2n) is 4.48. The Labute approximate surface area is 117 Å². The summed E-state index contributed by atoms with van der Waals surface area (Å²) in [7, 11) is 1.54. The van der Waals surface area contributed by atoms with E-state index in [1.165, 1.54) is 6.07 Å². The van der Waals surface area contributed by atoms with Gasteiger partial charge in [0.05, 0.1) is 7.11 Å². The summed E-state index contributed by atoms with van der Waals surface area (Å²) < 4.78 is 24.0. The smallest absolute Gasteiger partial charge is 0.129 e. The number of aryl methyl sites for hydroxylation is 1. The fraction of sp³-hybridized carbons (Fsp3) is 0.250. The molecule has 0 spiro atoms. The summed E-state index contributed by atoms with van der Waals surface area (Å²) in [6, 6.07) is 11.8. The van der Waals surface area contributed by atoms with Crippen LogP contribution in [-0.4, -0.2) is 18.8 Å². The number of rotatable bonds is 5. The van der Waals surface area contributed by atoms with Gasteiger partial charge in [-0.2, -0.15) is 0 Å². The number of ether oxygens (including phenoxy) is 2. The molecular weight excluding hydrogens is 259 g/mol. The molecule has 0 fully saturated rings. The SMILES string of the molecule is COc1ccccc1C(O)COc1ccc(C)c(F)c1. The van der Waals surface area contributed by atoms with E-state index >= 15 is 0 Å². The molecule has 1 atom stereocenters. The molecule has 0 aromatic heterocycles. The van der Waals surface area contributed by atoms with E-state index in [9.17, 15) is 9.50 Å². The molecular formula is C16H17FO3. The highest BCUT2D eigenvalue weighted by molar-refractivity contribution is 5.35. The van der Waals surface area contributed by atoms with Crippen LogP contribution in [0.2, 0.25) is 0 Å². The summed E-state index contributed by atoms with van der Waals surface area (Å²) in [6.07, 6.45) is -0.837. The van der Waals surface area contributed by atoms with E-state index in [0.717, 1.165) is 0 Å². The molecule has 2 aromatic carbocycles. The van der Waals surface area contributed by atoms with Gasteiger partial charge in [-0.05, 0) is 24.6 Å². The largest absolute Gasteiger partial charge is 0.496 e. The zero-order chi connectivity index (χ0) is 14.5. The lowest BCUT2D eigenvalue weighted by molar-refractivity contribution is 0.105. The molecule has 0 heterocycles. The van der Waals surface area contributed by atoms with E-state index in [1.807, 2.05) is 12.1 Å². The highest BCUT2D eigenvalue weighted by Gasteiger charge is 2.13. The zero-order valence-corrected chi connectivity index (χ0v) is 11.5. The van der Waals surface area contributed by atoms with E-state index in [1.54, 1.807) is 38.3 Å². The highest BCUT2D eigenvalue weighted by Crippen LogP contribution is 2.25. The predicted octanol–water partition coefficient (Wildman–Crippen LogP) is 3.26. The maximum atomic E-state index is 13.4. The second kappa shape index (κ2) is 6.39. The van der Waals surface area contributed by atoms with Crippen molar-refractivity contribution < 1.29 is 19.0 Å². The average molecular weight is 276 g/mol. The molecule has 0 aliphatic rings. The van der Waals surface area contributed by atoms with Gasteiger partial charge >= 0.3 is 0 Å². The maximum absolute atomic E-state index is 13.4. The van der Waals surface area contributed by atoms with Gasteiger partial charge in [0.2, 0.25) is 0 Å². The standard InChI is InChI=1S/C16H17FO3/c1-11-7-8-12(9-14(11)17)20-10-15(18)13-5-3-4-6-16(13)19-2/h3-9,15,18H,10H2,1-2H3. The van der Waals surface area contributed by atoms with Gasteiger partial charge in [0.1, 0.15) is 30.0 Å². The molecule has 2 aromatic rings. The summed E-state index contributed by atoms with van der Waals surface area (Å²) in [5.41, 5.74) is 1.20. The molecule has 1 N–H and O–H groups in total. The number of aliphatic hydroxyl groups excluding tert-OH is 1. The lowest BCUT2D eigenvalue weighted by Gasteiger charge is -2.15. The van der Waals surface area contributed by atoms with Crippen LogP contribution in [0.25, 0.3) is 0 Å². The topological polar surface area (TPSA) is 38.7 Å². The molecule has 106 valence electrons. The van der Waals surface area contributed by atoms with Gasteiger partial charge in [0.25, 0.3) is 0 Å². The Morgan fingerprint density at radius 2 is 1.95 bits per heavy atom. The predicted molar refractivity (Wildman–Crippen MR) is 74.6 cm³/mol. The molecule has 0 aliphatic carbocycles. The van der Waals surface area contributed by atoms with Gasteiger partial charge in [-0.25, -0.2) is 4.39 Å². The first-order valence-corrected chi connectivity index (χ1v) is 6.31. The summed E-state index contributed by atoms with van der Waals surface area (Å²) in [4.78, 5) is 0. The Kier molecular flexibility index (Phi) is 4.58. The van der Waals surface area contributed by atoms with Crippen molar-refractivity contribution in [2.75, 3.05) is 13.7 Å². The van der Waals surface area contributed by atoms with Crippen molar-refractivity contribution in [2.24, 2.45) is 0 Å². The van der Waals surface area contributed by atoms with Crippen molar-refractivity contribution in [3.63, 3.8) is 0 Å². The van der Waals surface area contributed by atoms with Crippen molar-refractivity contribution in [2.45, 2.75) is 13.0 Å². The maximum Gasteiger partial charge on any atom is 0.129 e. The number of hydrogen-bond donors (Lipinski definition) is 1. The third-order valence-electron chi connectivity index (χ3n) is 3.05. The minimum absolute atomic E-state index is 0.0306. The van der Waals surface area contributed by atoms with Crippen LogP contribution in [0.4, 0.5) is 4.39 Å². The lowest BCUT2D eigenvalue weighted by atomic mass is 10.1. The molecule has 0 amide bonds. The molecule has 0 saturated heterocycles. The third kappa shape index (κ3) is 3.27. The quantitative estimate of drug-likeness (QED) is 0.911. The lowest BCUT2D eigenvalue weighted by Crippen LogP contribution is -2.11. The van der Waals surface area contributed by atoms with Crippen LogP contribution in [0.5, 0.6) is 11.5 Å². The van der Waals surface area contributed by atoms with E-state index in [2.05, 4.69) is 0 Å². The molecule has 20 heavy (non-hydrogen) atoms. The number of para-hydroxylation sites is 1. The molecule has 0 bridgehead atoms. The Balaban J connectivity index is 2.04. The van der Waals surface area contributed by atoms with Crippen molar-refractivity contribution in [1.29, 1.82) is 0 Å². The Morgan fingerprint density at radius 3 is 2.65 bits per heavy atom. The van der Waals surface area contributed by atoms with E-state index in [0.29, 0.717) is 22.6 Å². The van der Waals surface area contributed by atoms with Gasteiger partial charge in [0, 0.05) is 11.6 Å². The Hall–Kier alpha value is -2.07. The van der Waals surface area contributed by atoms with Crippen molar-refractivity contribution >= 4 is 0 Å². The molecule has 0 radical (unpaired) electrons. The Bertz CT molecular complexity index is 584. The van der Waals surface area contributed by atoms with Crippen molar-refractivity contribution in [1.82, 2.24) is 0 Å². The van der Waals surface area contributed by atoms with Gasteiger partial charge in [-0.3, -0.25) is 0 Å². The third-order valence-corrected chi connectivity index (χ3v) is 3.05.